The lowest BCUT2D eigenvalue weighted by Gasteiger charge is -2.28. The van der Waals surface area contributed by atoms with E-state index in [1.165, 1.54) is 0 Å². The van der Waals surface area contributed by atoms with Crippen molar-refractivity contribution in [2.75, 3.05) is 6.61 Å². The van der Waals surface area contributed by atoms with Gasteiger partial charge >= 0.3 is 0 Å². The highest BCUT2D eigenvalue weighted by Gasteiger charge is 2.19. The molecular formula is C9H19NO. The average Bonchev–Trinajstić information content (AvgIpc) is 1.85. The van der Waals surface area contributed by atoms with Crippen LogP contribution in [0.15, 0.2) is 0 Å². The van der Waals surface area contributed by atoms with Crippen LogP contribution in [0.25, 0.3) is 0 Å². The van der Waals surface area contributed by atoms with E-state index in [-0.39, 0.29) is 0 Å². The van der Waals surface area contributed by atoms with E-state index in [4.69, 9.17) is 10.5 Å². The topological polar surface area (TPSA) is 35.2 Å². The second-order valence-electron chi connectivity index (χ2n) is 3.91. The molecule has 2 heteroatoms. The molecule has 0 amide bonds. The molecule has 1 saturated heterocycles. The first kappa shape index (κ1) is 9.01. The van der Waals surface area contributed by atoms with Gasteiger partial charge in [0.25, 0.3) is 0 Å². The fourth-order valence-electron chi connectivity index (χ4n) is 1.60. The number of hydrogen-bond acceptors (Lipinski definition) is 2. The van der Waals surface area contributed by atoms with Crippen LogP contribution in [-0.2, 0) is 4.74 Å². The number of ether oxygens (including phenoxy) is 1. The molecule has 0 aromatic carbocycles. The van der Waals surface area contributed by atoms with E-state index in [2.05, 4.69) is 13.8 Å². The first-order valence-corrected chi connectivity index (χ1v) is 4.55. The zero-order valence-electron chi connectivity index (χ0n) is 7.55. The molecule has 0 radical (unpaired) electrons. The minimum Gasteiger partial charge on any atom is -0.378 e. The van der Waals surface area contributed by atoms with Gasteiger partial charge in [-0.1, -0.05) is 13.8 Å². The molecule has 2 unspecified atom stereocenters. The zero-order valence-corrected chi connectivity index (χ0v) is 7.55. The van der Waals surface area contributed by atoms with Gasteiger partial charge in [-0.05, 0) is 25.2 Å². The Kier molecular flexibility index (Phi) is 3.34. The van der Waals surface area contributed by atoms with Crippen LogP contribution in [0, 0.1) is 5.92 Å². The maximum atomic E-state index is 5.82. The maximum absolute atomic E-state index is 5.82. The smallest absolute Gasteiger partial charge is 0.0592 e. The third-order valence-corrected chi connectivity index (χ3v) is 2.14. The van der Waals surface area contributed by atoms with Gasteiger partial charge in [0.15, 0.2) is 0 Å². The molecule has 0 bridgehead atoms. The van der Waals surface area contributed by atoms with Crippen LogP contribution in [-0.4, -0.2) is 18.8 Å². The van der Waals surface area contributed by atoms with Gasteiger partial charge in [-0.15, -0.1) is 0 Å². The number of rotatable bonds is 2. The Morgan fingerprint density at radius 1 is 1.55 bits per heavy atom. The van der Waals surface area contributed by atoms with E-state index in [0.717, 1.165) is 31.8 Å². The molecule has 1 aliphatic rings. The van der Waals surface area contributed by atoms with E-state index in [1.54, 1.807) is 0 Å². The third-order valence-electron chi connectivity index (χ3n) is 2.14. The van der Waals surface area contributed by atoms with Gasteiger partial charge < -0.3 is 10.5 Å². The molecule has 1 heterocycles. The standard InChI is InChI=1S/C9H19NO/c1-7(2)5-9-6-8(10)3-4-11-9/h7-9H,3-6,10H2,1-2H3. The van der Waals surface area contributed by atoms with E-state index < -0.39 is 0 Å². The first-order valence-electron chi connectivity index (χ1n) is 4.55. The summed E-state index contributed by atoms with van der Waals surface area (Å²) >= 11 is 0. The summed E-state index contributed by atoms with van der Waals surface area (Å²) in [5.41, 5.74) is 5.82. The zero-order chi connectivity index (χ0) is 8.27. The monoisotopic (exact) mass is 157 g/mol. The minimum absolute atomic E-state index is 0.382. The van der Waals surface area contributed by atoms with Gasteiger partial charge in [0.1, 0.15) is 0 Å². The van der Waals surface area contributed by atoms with Crippen molar-refractivity contribution in [1.82, 2.24) is 0 Å². The van der Waals surface area contributed by atoms with Crippen LogP contribution >= 0.6 is 0 Å². The molecule has 0 aromatic heterocycles. The highest BCUT2D eigenvalue weighted by atomic mass is 16.5. The lowest BCUT2D eigenvalue weighted by atomic mass is 9.97. The summed E-state index contributed by atoms with van der Waals surface area (Å²) in [6.07, 6.45) is 3.68. The largest absolute Gasteiger partial charge is 0.378 e. The van der Waals surface area contributed by atoms with Crippen LogP contribution < -0.4 is 5.73 Å². The van der Waals surface area contributed by atoms with Gasteiger partial charge in [-0.25, -0.2) is 0 Å². The SMILES string of the molecule is CC(C)CC1CC(N)CCO1. The summed E-state index contributed by atoms with van der Waals surface area (Å²) in [7, 11) is 0. The number of nitrogens with two attached hydrogens (primary N) is 1. The van der Waals surface area contributed by atoms with Crippen LogP contribution in [0.3, 0.4) is 0 Å². The van der Waals surface area contributed by atoms with Crippen molar-refractivity contribution < 1.29 is 4.74 Å². The van der Waals surface area contributed by atoms with Crippen LogP contribution in [0.4, 0.5) is 0 Å². The van der Waals surface area contributed by atoms with Crippen LogP contribution in [0.1, 0.15) is 33.1 Å². The Morgan fingerprint density at radius 2 is 2.27 bits per heavy atom. The lowest BCUT2D eigenvalue weighted by Crippen LogP contribution is -2.35. The second kappa shape index (κ2) is 4.07. The molecule has 0 saturated carbocycles. The van der Waals surface area contributed by atoms with E-state index in [9.17, 15) is 0 Å². The Hall–Kier alpha value is -0.0800. The van der Waals surface area contributed by atoms with E-state index in [0.29, 0.717) is 12.1 Å². The van der Waals surface area contributed by atoms with Crippen molar-refractivity contribution in [2.45, 2.75) is 45.3 Å². The van der Waals surface area contributed by atoms with Gasteiger partial charge in [-0.3, -0.25) is 0 Å². The number of hydrogen-bond donors (Lipinski definition) is 1. The highest BCUT2D eigenvalue weighted by molar-refractivity contribution is 4.74. The minimum atomic E-state index is 0.382. The molecule has 0 aromatic rings. The van der Waals surface area contributed by atoms with Crippen molar-refractivity contribution in [3.05, 3.63) is 0 Å². The maximum Gasteiger partial charge on any atom is 0.0592 e. The van der Waals surface area contributed by atoms with E-state index in [1.807, 2.05) is 0 Å². The molecule has 2 atom stereocenters. The Bertz CT molecular complexity index is 112. The normalized spacial score (nSPS) is 32.7. The molecule has 1 aliphatic heterocycles. The molecule has 1 fully saturated rings. The summed E-state index contributed by atoms with van der Waals surface area (Å²) in [5.74, 6) is 0.727. The summed E-state index contributed by atoms with van der Waals surface area (Å²) in [5, 5.41) is 0. The molecule has 1 rings (SSSR count). The molecule has 2 N–H and O–H groups in total. The fourth-order valence-corrected chi connectivity index (χ4v) is 1.60. The molecule has 2 nitrogen and oxygen atoms in total. The summed E-state index contributed by atoms with van der Waals surface area (Å²) in [6.45, 7) is 5.31. The Morgan fingerprint density at radius 3 is 2.82 bits per heavy atom. The predicted molar refractivity (Wildman–Crippen MR) is 46.4 cm³/mol. The average molecular weight is 157 g/mol. The summed E-state index contributed by atoms with van der Waals surface area (Å²) < 4.78 is 5.58. The predicted octanol–water partition coefficient (Wildman–Crippen LogP) is 1.54. The Balaban J connectivity index is 2.23. The first-order chi connectivity index (χ1) is 5.18. The second-order valence-corrected chi connectivity index (χ2v) is 3.91. The van der Waals surface area contributed by atoms with Crippen molar-refractivity contribution >= 4 is 0 Å². The van der Waals surface area contributed by atoms with Crippen molar-refractivity contribution in [2.24, 2.45) is 11.7 Å². The molecule has 11 heavy (non-hydrogen) atoms. The fraction of sp³-hybridized carbons (Fsp3) is 1.00. The van der Waals surface area contributed by atoms with Gasteiger partial charge in [0, 0.05) is 12.6 Å². The Labute approximate surface area is 69.1 Å². The van der Waals surface area contributed by atoms with Crippen LogP contribution in [0.5, 0.6) is 0 Å². The molecular weight excluding hydrogens is 138 g/mol. The van der Waals surface area contributed by atoms with Crippen molar-refractivity contribution in [1.29, 1.82) is 0 Å². The van der Waals surface area contributed by atoms with Gasteiger partial charge in [0.05, 0.1) is 6.10 Å². The van der Waals surface area contributed by atoms with Gasteiger partial charge in [0.2, 0.25) is 0 Å². The third kappa shape index (κ3) is 3.21. The van der Waals surface area contributed by atoms with Gasteiger partial charge in [-0.2, -0.15) is 0 Å². The summed E-state index contributed by atoms with van der Waals surface area (Å²) in [6, 6.07) is 0.382. The molecule has 0 aliphatic carbocycles. The summed E-state index contributed by atoms with van der Waals surface area (Å²) in [4.78, 5) is 0. The highest BCUT2D eigenvalue weighted by Crippen LogP contribution is 2.18. The molecule has 0 spiro atoms. The quantitative estimate of drug-likeness (QED) is 0.660. The van der Waals surface area contributed by atoms with Crippen molar-refractivity contribution in [3.8, 4) is 0 Å². The molecule has 66 valence electrons. The van der Waals surface area contributed by atoms with E-state index >= 15 is 0 Å². The van der Waals surface area contributed by atoms with Crippen LogP contribution in [0.2, 0.25) is 0 Å². The van der Waals surface area contributed by atoms with Crippen molar-refractivity contribution in [3.63, 3.8) is 0 Å². The lowest BCUT2D eigenvalue weighted by molar-refractivity contribution is -0.00341.